The molecule has 0 radical (unpaired) electrons. The first-order valence-corrected chi connectivity index (χ1v) is 8.50. The molecule has 0 saturated heterocycles. The number of fused-ring (bicyclic) bond motifs is 1. The summed E-state index contributed by atoms with van der Waals surface area (Å²) >= 11 is 4.52. The lowest BCUT2D eigenvalue weighted by molar-refractivity contribution is 0.251. The summed E-state index contributed by atoms with van der Waals surface area (Å²) in [5.41, 5.74) is 0. The lowest BCUT2D eigenvalue weighted by Gasteiger charge is -2.15. The molecule has 2 heteroatoms. The van der Waals surface area contributed by atoms with E-state index < -0.39 is 0 Å². The molecule has 0 saturated carbocycles. The summed E-state index contributed by atoms with van der Waals surface area (Å²) in [6.45, 7) is 5.33. The Morgan fingerprint density at radius 3 is 2.52 bits per heavy atom. The standard InChI is InChI=1S/C19H26OS/c1-3-4-5-6-9-15(2)14-20-18-12-13-19(21)17-11-8-7-10-16(17)18/h7-8,10-13,15,21H,3-6,9,14H2,1-2H3. The highest BCUT2D eigenvalue weighted by Gasteiger charge is 2.07. The maximum Gasteiger partial charge on any atom is 0.127 e. The van der Waals surface area contributed by atoms with E-state index in [-0.39, 0.29) is 0 Å². The van der Waals surface area contributed by atoms with Crippen LogP contribution in [-0.2, 0) is 0 Å². The number of rotatable bonds is 8. The van der Waals surface area contributed by atoms with E-state index in [1.54, 1.807) is 0 Å². The van der Waals surface area contributed by atoms with Crippen molar-refractivity contribution in [2.24, 2.45) is 5.92 Å². The molecule has 0 aliphatic heterocycles. The molecule has 0 aliphatic rings. The van der Waals surface area contributed by atoms with E-state index in [0.717, 1.165) is 28.0 Å². The smallest absolute Gasteiger partial charge is 0.127 e. The van der Waals surface area contributed by atoms with Crippen LogP contribution in [-0.4, -0.2) is 6.61 Å². The van der Waals surface area contributed by atoms with Gasteiger partial charge in [0.05, 0.1) is 6.61 Å². The Kier molecular flexibility index (Phi) is 6.44. The Morgan fingerprint density at radius 1 is 1.00 bits per heavy atom. The van der Waals surface area contributed by atoms with Crippen LogP contribution in [0.3, 0.4) is 0 Å². The van der Waals surface area contributed by atoms with Crippen LogP contribution < -0.4 is 4.74 Å². The second-order valence-corrected chi connectivity index (χ2v) is 6.38. The number of benzene rings is 2. The normalized spacial score (nSPS) is 12.5. The predicted octanol–water partition coefficient (Wildman–Crippen LogP) is 6.11. The van der Waals surface area contributed by atoms with Crippen molar-refractivity contribution in [3.8, 4) is 5.75 Å². The van der Waals surface area contributed by atoms with Gasteiger partial charge in [0, 0.05) is 10.3 Å². The summed E-state index contributed by atoms with van der Waals surface area (Å²) in [7, 11) is 0. The van der Waals surface area contributed by atoms with Crippen LogP contribution in [0.4, 0.5) is 0 Å². The van der Waals surface area contributed by atoms with Crippen molar-refractivity contribution >= 4 is 23.4 Å². The van der Waals surface area contributed by atoms with Crippen LogP contribution in [0.15, 0.2) is 41.3 Å². The number of hydrogen-bond donors (Lipinski definition) is 1. The first-order valence-electron chi connectivity index (χ1n) is 8.06. The van der Waals surface area contributed by atoms with Gasteiger partial charge in [-0.15, -0.1) is 12.6 Å². The van der Waals surface area contributed by atoms with Gasteiger partial charge in [0.1, 0.15) is 5.75 Å². The van der Waals surface area contributed by atoms with Gasteiger partial charge in [0.15, 0.2) is 0 Å². The fraction of sp³-hybridized carbons (Fsp3) is 0.474. The van der Waals surface area contributed by atoms with Crippen molar-refractivity contribution < 1.29 is 4.74 Å². The molecule has 1 nitrogen and oxygen atoms in total. The van der Waals surface area contributed by atoms with E-state index in [1.807, 2.05) is 18.2 Å². The van der Waals surface area contributed by atoms with Gasteiger partial charge in [-0.05, 0) is 29.9 Å². The molecule has 114 valence electrons. The SMILES string of the molecule is CCCCCCC(C)COc1ccc(S)c2ccccc12. The highest BCUT2D eigenvalue weighted by atomic mass is 32.1. The van der Waals surface area contributed by atoms with E-state index >= 15 is 0 Å². The van der Waals surface area contributed by atoms with Gasteiger partial charge in [-0.2, -0.15) is 0 Å². The molecule has 0 fully saturated rings. The van der Waals surface area contributed by atoms with Gasteiger partial charge in [0.2, 0.25) is 0 Å². The number of thiol groups is 1. The summed E-state index contributed by atoms with van der Waals surface area (Å²) in [6.07, 6.45) is 6.56. The number of ether oxygens (including phenoxy) is 1. The number of unbranched alkanes of at least 4 members (excludes halogenated alkanes) is 3. The molecule has 0 aromatic heterocycles. The molecule has 0 bridgehead atoms. The first kappa shape index (κ1) is 16.2. The fourth-order valence-electron chi connectivity index (χ4n) is 2.62. The number of hydrogen-bond acceptors (Lipinski definition) is 2. The lowest BCUT2D eigenvalue weighted by Crippen LogP contribution is -2.08. The van der Waals surface area contributed by atoms with Crippen molar-refractivity contribution in [2.75, 3.05) is 6.61 Å². The minimum absolute atomic E-state index is 0.608. The molecule has 0 amide bonds. The van der Waals surface area contributed by atoms with Crippen LogP contribution in [0, 0.1) is 5.92 Å². The summed E-state index contributed by atoms with van der Waals surface area (Å²) < 4.78 is 6.06. The van der Waals surface area contributed by atoms with Crippen LogP contribution in [0.2, 0.25) is 0 Å². The molecule has 0 N–H and O–H groups in total. The zero-order valence-electron chi connectivity index (χ0n) is 13.1. The fourth-order valence-corrected chi connectivity index (χ4v) is 2.89. The molecule has 0 spiro atoms. The zero-order valence-corrected chi connectivity index (χ0v) is 14.0. The molecule has 1 unspecified atom stereocenters. The predicted molar refractivity (Wildman–Crippen MR) is 94.6 cm³/mol. The van der Waals surface area contributed by atoms with E-state index in [2.05, 4.69) is 44.7 Å². The van der Waals surface area contributed by atoms with Crippen LogP contribution in [0.1, 0.15) is 46.0 Å². The Hall–Kier alpha value is -1.15. The van der Waals surface area contributed by atoms with E-state index in [9.17, 15) is 0 Å². The minimum atomic E-state index is 0.608. The summed E-state index contributed by atoms with van der Waals surface area (Å²) in [5, 5.41) is 2.32. The van der Waals surface area contributed by atoms with Crippen molar-refractivity contribution in [2.45, 2.75) is 50.8 Å². The minimum Gasteiger partial charge on any atom is -0.493 e. The van der Waals surface area contributed by atoms with Crippen molar-refractivity contribution in [3.63, 3.8) is 0 Å². The van der Waals surface area contributed by atoms with Crippen LogP contribution >= 0.6 is 12.6 Å². The van der Waals surface area contributed by atoms with E-state index in [1.165, 1.54) is 32.1 Å². The zero-order chi connectivity index (χ0) is 15.1. The molecular weight excluding hydrogens is 276 g/mol. The molecule has 0 heterocycles. The monoisotopic (exact) mass is 302 g/mol. The van der Waals surface area contributed by atoms with Gasteiger partial charge >= 0.3 is 0 Å². The molecule has 0 aliphatic carbocycles. The van der Waals surface area contributed by atoms with Crippen LogP contribution in [0.25, 0.3) is 10.8 Å². The maximum absolute atomic E-state index is 6.06. The Balaban J connectivity index is 1.93. The third kappa shape index (κ3) is 4.67. The second-order valence-electron chi connectivity index (χ2n) is 5.89. The lowest BCUT2D eigenvalue weighted by atomic mass is 10.0. The van der Waals surface area contributed by atoms with Gasteiger partial charge < -0.3 is 4.74 Å². The van der Waals surface area contributed by atoms with Gasteiger partial charge in [0.25, 0.3) is 0 Å². The molecule has 2 aromatic rings. The summed E-state index contributed by atoms with van der Waals surface area (Å²) in [6, 6.07) is 12.4. The van der Waals surface area contributed by atoms with Gasteiger partial charge in [-0.3, -0.25) is 0 Å². The van der Waals surface area contributed by atoms with Crippen molar-refractivity contribution in [3.05, 3.63) is 36.4 Å². The first-order chi connectivity index (χ1) is 10.2. The van der Waals surface area contributed by atoms with Crippen LogP contribution in [0.5, 0.6) is 5.75 Å². The molecule has 2 rings (SSSR count). The largest absolute Gasteiger partial charge is 0.493 e. The quantitative estimate of drug-likeness (QED) is 0.457. The van der Waals surface area contributed by atoms with Gasteiger partial charge in [-0.1, -0.05) is 63.8 Å². The van der Waals surface area contributed by atoms with E-state index in [0.29, 0.717) is 5.92 Å². The summed E-state index contributed by atoms with van der Waals surface area (Å²) in [5.74, 6) is 1.58. The molecule has 2 aromatic carbocycles. The third-order valence-corrected chi connectivity index (χ3v) is 4.32. The Labute approximate surface area is 134 Å². The van der Waals surface area contributed by atoms with Crippen molar-refractivity contribution in [1.82, 2.24) is 0 Å². The van der Waals surface area contributed by atoms with Crippen molar-refractivity contribution in [1.29, 1.82) is 0 Å². The molecule has 1 atom stereocenters. The third-order valence-electron chi connectivity index (χ3n) is 3.93. The Morgan fingerprint density at radius 2 is 1.76 bits per heavy atom. The Bertz CT molecular complexity index is 564. The second kappa shape index (κ2) is 8.33. The topological polar surface area (TPSA) is 9.23 Å². The van der Waals surface area contributed by atoms with Gasteiger partial charge in [-0.25, -0.2) is 0 Å². The maximum atomic E-state index is 6.06. The molecule has 21 heavy (non-hydrogen) atoms. The highest BCUT2D eigenvalue weighted by Crippen LogP contribution is 2.30. The molecular formula is C19H26OS. The summed E-state index contributed by atoms with van der Waals surface area (Å²) in [4.78, 5) is 1.01. The average Bonchev–Trinajstić information content (AvgIpc) is 2.51. The van der Waals surface area contributed by atoms with E-state index in [4.69, 9.17) is 4.74 Å². The highest BCUT2D eigenvalue weighted by molar-refractivity contribution is 7.80. The average molecular weight is 302 g/mol.